The Morgan fingerprint density at radius 2 is 1.62 bits per heavy atom. The molecule has 128 valence electrons. The maximum atomic E-state index is 10.9. The molecule has 0 unspecified atom stereocenters. The van der Waals surface area contributed by atoms with Crippen LogP contribution in [0, 0.1) is 10.1 Å². The average Bonchev–Trinajstić information content (AvgIpc) is 2.61. The third-order valence-electron chi connectivity index (χ3n) is 3.68. The number of rotatable bonds is 10. The topological polar surface area (TPSA) is 61.6 Å². The van der Waals surface area contributed by atoms with Gasteiger partial charge in [0.05, 0.1) is 18.1 Å². The maximum Gasteiger partial charge on any atom is 0.272 e. The number of nitro benzene ring substituents is 1. The van der Waals surface area contributed by atoms with Crippen molar-refractivity contribution in [2.75, 3.05) is 13.2 Å². The lowest BCUT2D eigenvalue weighted by Crippen LogP contribution is -2.02. The number of hydrogen-bond acceptors (Lipinski definition) is 4. The van der Waals surface area contributed by atoms with Gasteiger partial charge in [-0.1, -0.05) is 37.3 Å². The van der Waals surface area contributed by atoms with Crippen molar-refractivity contribution in [3.05, 3.63) is 75.3 Å². The highest BCUT2D eigenvalue weighted by molar-refractivity contribution is 5.42. The SMILES string of the molecule is CCc1cc(COCCCOCc2ccccc2)ccc1[N+](=O)[O-]. The second-order valence-corrected chi connectivity index (χ2v) is 5.52. The standard InChI is InChI=1S/C19H23NO4/c1-2-18-13-17(9-10-19(18)20(21)22)15-24-12-6-11-23-14-16-7-4-3-5-8-16/h3-5,7-10,13H,2,6,11-12,14-15H2,1H3. The summed E-state index contributed by atoms with van der Waals surface area (Å²) >= 11 is 0. The van der Waals surface area contributed by atoms with E-state index < -0.39 is 0 Å². The molecular formula is C19H23NO4. The van der Waals surface area contributed by atoms with Crippen LogP contribution < -0.4 is 0 Å². The minimum Gasteiger partial charge on any atom is -0.377 e. The molecule has 0 saturated heterocycles. The fourth-order valence-electron chi connectivity index (χ4n) is 2.41. The molecular weight excluding hydrogens is 306 g/mol. The molecule has 2 aromatic rings. The summed E-state index contributed by atoms with van der Waals surface area (Å²) in [6.45, 7) is 4.24. The quantitative estimate of drug-likeness (QED) is 0.371. The Hall–Kier alpha value is -2.24. The molecule has 24 heavy (non-hydrogen) atoms. The molecule has 0 radical (unpaired) electrons. The van der Waals surface area contributed by atoms with Crippen LogP contribution in [0.15, 0.2) is 48.5 Å². The Bertz CT molecular complexity index is 643. The molecule has 0 saturated carbocycles. The van der Waals surface area contributed by atoms with E-state index in [0.29, 0.717) is 32.8 Å². The van der Waals surface area contributed by atoms with Gasteiger partial charge in [0.25, 0.3) is 5.69 Å². The lowest BCUT2D eigenvalue weighted by molar-refractivity contribution is -0.385. The van der Waals surface area contributed by atoms with Crippen LogP contribution in [0.4, 0.5) is 5.69 Å². The molecule has 0 amide bonds. The summed E-state index contributed by atoms with van der Waals surface area (Å²) in [7, 11) is 0. The summed E-state index contributed by atoms with van der Waals surface area (Å²) in [5.41, 5.74) is 3.04. The van der Waals surface area contributed by atoms with Crippen LogP contribution >= 0.6 is 0 Å². The second-order valence-electron chi connectivity index (χ2n) is 5.52. The van der Waals surface area contributed by atoms with Crippen molar-refractivity contribution in [2.24, 2.45) is 0 Å². The first-order chi connectivity index (χ1) is 11.7. The van der Waals surface area contributed by atoms with Crippen LogP contribution in [0.1, 0.15) is 30.0 Å². The van der Waals surface area contributed by atoms with Gasteiger partial charge in [-0.05, 0) is 36.1 Å². The Morgan fingerprint density at radius 3 is 2.25 bits per heavy atom. The highest BCUT2D eigenvalue weighted by Gasteiger charge is 2.12. The summed E-state index contributed by atoms with van der Waals surface area (Å²) < 4.78 is 11.2. The van der Waals surface area contributed by atoms with E-state index >= 15 is 0 Å². The van der Waals surface area contributed by atoms with E-state index in [0.717, 1.165) is 23.1 Å². The van der Waals surface area contributed by atoms with Crippen LogP contribution in [-0.4, -0.2) is 18.1 Å². The predicted octanol–water partition coefficient (Wildman–Crippen LogP) is 4.28. The van der Waals surface area contributed by atoms with E-state index in [2.05, 4.69) is 0 Å². The molecule has 5 heteroatoms. The summed E-state index contributed by atoms with van der Waals surface area (Å²) in [4.78, 5) is 10.6. The van der Waals surface area contributed by atoms with Gasteiger partial charge in [-0.2, -0.15) is 0 Å². The largest absolute Gasteiger partial charge is 0.377 e. The molecule has 0 aliphatic rings. The van der Waals surface area contributed by atoms with E-state index in [1.807, 2.05) is 43.3 Å². The number of aryl methyl sites for hydroxylation is 1. The van der Waals surface area contributed by atoms with Gasteiger partial charge in [0, 0.05) is 24.8 Å². The van der Waals surface area contributed by atoms with Gasteiger partial charge in [0.1, 0.15) is 0 Å². The van der Waals surface area contributed by atoms with Crippen LogP contribution in [0.2, 0.25) is 0 Å². The van der Waals surface area contributed by atoms with Crippen LogP contribution in [0.5, 0.6) is 0 Å². The minimum absolute atomic E-state index is 0.176. The third kappa shape index (κ3) is 5.76. The molecule has 5 nitrogen and oxygen atoms in total. The molecule has 0 fully saturated rings. The number of ether oxygens (including phenoxy) is 2. The van der Waals surface area contributed by atoms with E-state index in [-0.39, 0.29) is 10.6 Å². The average molecular weight is 329 g/mol. The monoisotopic (exact) mass is 329 g/mol. The molecule has 0 heterocycles. The Morgan fingerprint density at radius 1 is 0.958 bits per heavy atom. The van der Waals surface area contributed by atoms with Crippen molar-refractivity contribution >= 4 is 5.69 Å². The first-order valence-electron chi connectivity index (χ1n) is 8.16. The highest BCUT2D eigenvalue weighted by atomic mass is 16.6. The lowest BCUT2D eigenvalue weighted by Gasteiger charge is -2.07. The Balaban J connectivity index is 1.64. The molecule has 0 aliphatic heterocycles. The molecule has 0 aliphatic carbocycles. The van der Waals surface area contributed by atoms with Gasteiger partial charge in [0.2, 0.25) is 0 Å². The summed E-state index contributed by atoms with van der Waals surface area (Å²) in [6.07, 6.45) is 1.46. The van der Waals surface area contributed by atoms with Crippen molar-refractivity contribution in [2.45, 2.75) is 33.0 Å². The molecule has 2 aromatic carbocycles. The lowest BCUT2D eigenvalue weighted by atomic mass is 10.1. The van der Waals surface area contributed by atoms with Crippen molar-refractivity contribution in [3.63, 3.8) is 0 Å². The predicted molar refractivity (Wildman–Crippen MR) is 92.8 cm³/mol. The number of nitrogens with zero attached hydrogens (tertiary/aromatic N) is 1. The van der Waals surface area contributed by atoms with E-state index in [9.17, 15) is 10.1 Å². The van der Waals surface area contributed by atoms with Crippen molar-refractivity contribution in [1.29, 1.82) is 0 Å². The molecule has 0 N–H and O–H groups in total. The molecule has 0 atom stereocenters. The molecule has 0 spiro atoms. The Labute approximate surface area is 142 Å². The first-order valence-corrected chi connectivity index (χ1v) is 8.16. The van der Waals surface area contributed by atoms with Crippen molar-refractivity contribution in [3.8, 4) is 0 Å². The van der Waals surface area contributed by atoms with Gasteiger partial charge < -0.3 is 9.47 Å². The molecule has 2 rings (SSSR count). The van der Waals surface area contributed by atoms with E-state index in [4.69, 9.17) is 9.47 Å². The zero-order chi connectivity index (χ0) is 17.2. The fourth-order valence-corrected chi connectivity index (χ4v) is 2.41. The molecule has 0 aromatic heterocycles. The van der Waals surface area contributed by atoms with Crippen LogP contribution in [0.25, 0.3) is 0 Å². The van der Waals surface area contributed by atoms with Gasteiger partial charge in [-0.3, -0.25) is 10.1 Å². The van der Waals surface area contributed by atoms with Crippen molar-refractivity contribution < 1.29 is 14.4 Å². The first kappa shape index (κ1) is 18.1. The van der Waals surface area contributed by atoms with Gasteiger partial charge in [0.15, 0.2) is 0 Å². The van der Waals surface area contributed by atoms with Crippen LogP contribution in [0.3, 0.4) is 0 Å². The van der Waals surface area contributed by atoms with Crippen LogP contribution in [-0.2, 0) is 29.1 Å². The minimum atomic E-state index is -0.340. The number of nitro groups is 1. The zero-order valence-electron chi connectivity index (χ0n) is 13.9. The normalized spacial score (nSPS) is 10.7. The number of benzene rings is 2. The van der Waals surface area contributed by atoms with E-state index in [1.54, 1.807) is 12.1 Å². The smallest absolute Gasteiger partial charge is 0.272 e. The fraction of sp³-hybridized carbons (Fsp3) is 0.368. The summed E-state index contributed by atoms with van der Waals surface area (Å²) in [5.74, 6) is 0. The second kappa shape index (κ2) is 9.80. The van der Waals surface area contributed by atoms with Gasteiger partial charge in [-0.25, -0.2) is 0 Å². The summed E-state index contributed by atoms with van der Waals surface area (Å²) in [5, 5.41) is 10.9. The van der Waals surface area contributed by atoms with Crippen molar-refractivity contribution in [1.82, 2.24) is 0 Å². The number of hydrogen-bond donors (Lipinski definition) is 0. The van der Waals surface area contributed by atoms with E-state index in [1.165, 1.54) is 0 Å². The highest BCUT2D eigenvalue weighted by Crippen LogP contribution is 2.21. The summed E-state index contributed by atoms with van der Waals surface area (Å²) in [6, 6.07) is 15.2. The maximum absolute atomic E-state index is 10.9. The van der Waals surface area contributed by atoms with Gasteiger partial charge in [-0.15, -0.1) is 0 Å². The molecule has 0 bridgehead atoms. The third-order valence-corrected chi connectivity index (χ3v) is 3.68. The zero-order valence-corrected chi connectivity index (χ0v) is 13.9. The Kier molecular flexibility index (Phi) is 7.39. The van der Waals surface area contributed by atoms with Gasteiger partial charge >= 0.3 is 0 Å².